The van der Waals surface area contributed by atoms with Crippen LogP contribution in [-0.2, 0) is 9.53 Å². The molecule has 1 rings (SSSR count). The molecule has 5 nitrogen and oxygen atoms in total. The summed E-state index contributed by atoms with van der Waals surface area (Å²) >= 11 is 1.96. The summed E-state index contributed by atoms with van der Waals surface area (Å²) in [5.41, 5.74) is 0.295. The van der Waals surface area contributed by atoms with Gasteiger partial charge in [-0.2, -0.15) is 0 Å². The topological polar surface area (TPSA) is 75.6 Å². The maximum Gasteiger partial charge on any atom is 0.328 e. The van der Waals surface area contributed by atoms with Crippen LogP contribution in [0.15, 0.2) is 18.2 Å². The number of ether oxygens (including phenoxy) is 1. The van der Waals surface area contributed by atoms with Crippen LogP contribution in [0.4, 0.5) is 0 Å². The van der Waals surface area contributed by atoms with Gasteiger partial charge in [0.2, 0.25) is 0 Å². The Labute approximate surface area is 119 Å². The summed E-state index contributed by atoms with van der Waals surface area (Å²) in [6.07, 6.45) is 0. The molecular formula is C12H14INO4. The van der Waals surface area contributed by atoms with Crippen LogP contribution in [0.3, 0.4) is 0 Å². The van der Waals surface area contributed by atoms with Crippen molar-refractivity contribution in [2.45, 2.75) is 19.9 Å². The zero-order valence-electron chi connectivity index (χ0n) is 10.1. The third kappa shape index (κ3) is 3.86. The van der Waals surface area contributed by atoms with Gasteiger partial charge in [0.1, 0.15) is 11.8 Å². The Balaban J connectivity index is 2.70. The number of phenols is 1. The number of halogens is 1. The van der Waals surface area contributed by atoms with Crippen LogP contribution in [0.5, 0.6) is 5.75 Å². The highest BCUT2D eigenvalue weighted by atomic mass is 127. The van der Waals surface area contributed by atoms with Crippen LogP contribution in [0.2, 0.25) is 0 Å². The number of hydrogen-bond donors (Lipinski definition) is 2. The van der Waals surface area contributed by atoms with Gasteiger partial charge in [-0.1, -0.05) is 0 Å². The van der Waals surface area contributed by atoms with Crippen LogP contribution in [0.1, 0.15) is 24.2 Å². The van der Waals surface area contributed by atoms with E-state index < -0.39 is 17.9 Å². The second-order valence-electron chi connectivity index (χ2n) is 3.61. The maximum atomic E-state index is 11.8. The fraction of sp³-hybridized carbons (Fsp3) is 0.333. The fourth-order valence-corrected chi connectivity index (χ4v) is 1.60. The zero-order valence-corrected chi connectivity index (χ0v) is 12.2. The third-order valence-electron chi connectivity index (χ3n) is 2.20. The number of benzene rings is 1. The first-order chi connectivity index (χ1) is 8.45. The fourth-order valence-electron chi connectivity index (χ4n) is 1.26. The van der Waals surface area contributed by atoms with Gasteiger partial charge >= 0.3 is 5.97 Å². The molecule has 18 heavy (non-hydrogen) atoms. The van der Waals surface area contributed by atoms with Gasteiger partial charge in [-0.15, -0.1) is 0 Å². The molecule has 0 aromatic heterocycles. The number of amides is 1. The summed E-state index contributed by atoms with van der Waals surface area (Å²) in [6.45, 7) is 3.51. The van der Waals surface area contributed by atoms with Gasteiger partial charge in [0.25, 0.3) is 5.91 Å². The van der Waals surface area contributed by atoms with E-state index in [1.807, 2.05) is 22.6 Å². The van der Waals surface area contributed by atoms with Crippen LogP contribution >= 0.6 is 22.6 Å². The molecule has 0 saturated heterocycles. The second-order valence-corrected chi connectivity index (χ2v) is 4.78. The van der Waals surface area contributed by atoms with Crippen molar-refractivity contribution in [3.63, 3.8) is 0 Å². The molecule has 6 heteroatoms. The molecule has 1 atom stereocenters. The number of hydrogen-bond acceptors (Lipinski definition) is 4. The third-order valence-corrected chi connectivity index (χ3v) is 3.11. The SMILES string of the molecule is CCOC(=O)C(C)NC(=O)c1ccc(I)c(O)c1. The van der Waals surface area contributed by atoms with Crippen LogP contribution < -0.4 is 5.32 Å². The van der Waals surface area contributed by atoms with E-state index in [9.17, 15) is 14.7 Å². The smallest absolute Gasteiger partial charge is 0.328 e. The monoisotopic (exact) mass is 363 g/mol. The van der Waals surface area contributed by atoms with Gasteiger partial charge in [0.05, 0.1) is 10.2 Å². The van der Waals surface area contributed by atoms with Gasteiger partial charge in [-0.3, -0.25) is 4.79 Å². The Hall–Kier alpha value is -1.31. The number of carbonyl (C=O) groups excluding carboxylic acids is 2. The molecule has 0 bridgehead atoms. The molecule has 0 heterocycles. The second kappa shape index (κ2) is 6.58. The predicted octanol–water partition coefficient (Wildman–Crippen LogP) is 1.68. The molecule has 1 unspecified atom stereocenters. The van der Waals surface area contributed by atoms with E-state index in [0.717, 1.165) is 0 Å². The van der Waals surface area contributed by atoms with E-state index in [0.29, 0.717) is 9.13 Å². The summed E-state index contributed by atoms with van der Waals surface area (Å²) in [7, 11) is 0. The number of carbonyl (C=O) groups is 2. The van der Waals surface area contributed by atoms with Gasteiger partial charge in [-0.05, 0) is 54.6 Å². The molecule has 0 radical (unpaired) electrons. The summed E-state index contributed by atoms with van der Waals surface area (Å²) in [5, 5.41) is 12.0. The molecule has 1 amide bonds. The first-order valence-corrected chi connectivity index (χ1v) is 6.49. The highest BCUT2D eigenvalue weighted by molar-refractivity contribution is 14.1. The van der Waals surface area contributed by atoms with Gasteiger partial charge in [-0.25, -0.2) is 4.79 Å². The molecule has 1 aromatic rings. The quantitative estimate of drug-likeness (QED) is 0.631. The standard InChI is InChI=1S/C12H14INO4/c1-3-18-12(17)7(2)14-11(16)8-4-5-9(13)10(15)6-8/h4-7,15H,3H2,1-2H3,(H,14,16). The lowest BCUT2D eigenvalue weighted by molar-refractivity contribution is -0.144. The van der Waals surface area contributed by atoms with E-state index in [4.69, 9.17) is 4.74 Å². The van der Waals surface area contributed by atoms with Crippen molar-refractivity contribution >= 4 is 34.5 Å². The zero-order chi connectivity index (χ0) is 13.7. The van der Waals surface area contributed by atoms with Crippen molar-refractivity contribution in [1.82, 2.24) is 5.32 Å². The van der Waals surface area contributed by atoms with Crippen LogP contribution in [0, 0.1) is 3.57 Å². The van der Waals surface area contributed by atoms with Crippen molar-refractivity contribution < 1.29 is 19.4 Å². The summed E-state index contributed by atoms with van der Waals surface area (Å²) in [5.74, 6) is -0.880. The average Bonchev–Trinajstić information content (AvgIpc) is 2.32. The highest BCUT2D eigenvalue weighted by Crippen LogP contribution is 2.20. The van der Waals surface area contributed by atoms with E-state index in [2.05, 4.69) is 5.32 Å². The number of rotatable bonds is 4. The Morgan fingerprint density at radius 2 is 2.17 bits per heavy atom. The van der Waals surface area contributed by atoms with Crippen molar-refractivity contribution in [3.05, 3.63) is 27.3 Å². The summed E-state index contributed by atoms with van der Waals surface area (Å²) in [4.78, 5) is 23.1. The lowest BCUT2D eigenvalue weighted by Gasteiger charge is -2.12. The number of esters is 1. The molecule has 98 valence electrons. The van der Waals surface area contributed by atoms with Gasteiger partial charge in [0, 0.05) is 5.56 Å². The van der Waals surface area contributed by atoms with Crippen molar-refractivity contribution in [2.24, 2.45) is 0 Å². The van der Waals surface area contributed by atoms with Gasteiger partial charge < -0.3 is 15.2 Å². The average molecular weight is 363 g/mol. The van der Waals surface area contributed by atoms with E-state index >= 15 is 0 Å². The normalized spacial score (nSPS) is 11.7. The molecule has 2 N–H and O–H groups in total. The first-order valence-electron chi connectivity index (χ1n) is 5.41. The van der Waals surface area contributed by atoms with E-state index in [1.165, 1.54) is 6.07 Å². The molecule has 0 saturated carbocycles. The van der Waals surface area contributed by atoms with Crippen LogP contribution in [0.25, 0.3) is 0 Å². The Bertz CT molecular complexity index is 461. The highest BCUT2D eigenvalue weighted by Gasteiger charge is 2.17. The Morgan fingerprint density at radius 1 is 1.50 bits per heavy atom. The molecule has 0 aliphatic rings. The number of nitrogens with one attached hydrogen (secondary N) is 1. The van der Waals surface area contributed by atoms with E-state index in [1.54, 1.807) is 26.0 Å². The Kier molecular flexibility index (Phi) is 5.39. The lowest BCUT2D eigenvalue weighted by Crippen LogP contribution is -2.39. The molecule has 0 spiro atoms. The number of aromatic hydroxyl groups is 1. The largest absolute Gasteiger partial charge is 0.507 e. The van der Waals surface area contributed by atoms with Gasteiger partial charge in [0.15, 0.2) is 0 Å². The Morgan fingerprint density at radius 3 is 2.72 bits per heavy atom. The van der Waals surface area contributed by atoms with Crippen molar-refractivity contribution in [1.29, 1.82) is 0 Å². The minimum absolute atomic E-state index is 0.0343. The minimum atomic E-state index is -0.723. The van der Waals surface area contributed by atoms with Crippen molar-refractivity contribution in [3.8, 4) is 5.75 Å². The first kappa shape index (κ1) is 14.7. The minimum Gasteiger partial charge on any atom is -0.507 e. The summed E-state index contributed by atoms with van der Waals surface area (Å²) < 4.78 is 5.43. The molecule has 0 aliphatic carbocycles. The van der Waals surface area contributed by atoms with E-state index in [-0.39, 0.29) is 12.4 Å². The predicted molar refractivity (Wildman–Crippen MR) is 74.4 cm³/mol. The molecule has 1 aromatic carbocycles. The molecule has 0 aliphatic heterocycles. The number of phenolic OH excluding ortho intramolecular Hbond substituents is 1. The maximum absolute atomic E-state index is 11.8. The lowest BCUT2D eigenvalue weighted by atomic mass is 10.2. The molecular weight excluding hydrogens is 349 g/mol. The summed E-state index contributed by atoms with van der Waals surface area (Å²) in [6, 6.07) is 3.84. The van der Waals surface area contributed by atoms with Crippen molar-refractivity contribution in [2.75, 3.05) is 6.61 Å². The molecule has 0 fully saturated rings. The van der Waals surface area contributed by atoms with Crippen LogP contribution in [-0.4, -0.2) is 29.6 Å².